The maximum atomic E-state index is 16.2. The van der Waals surface area contributed by atoms with Crippen molar-refractivity contribution in [2.75, 3.05) is 12.4 Å². The average molecular weight is 622 g/mol. The van der Waals surface area contributed by atoms with Crippen LogP contribution < -0.4 is 10.1 Å². The van der Waals surface area contributed by atoms with Crippen LogP contribution in [0.1, 0.15) is 74.9 Å². The molecule has 0 radical (unpaired) electrons. The smallest absolute Gasteiger partial charge is 0.228 e. The highest BCUT2D eigenvalue weighted by Crippen LogP contribution is 2.66. The number of Topliss-reactive ketones (excluding diaryl/α,β-unsaturated/α-hetero) is 1. The molecule has 4 atom stereocenters. The summed E-state index contributed by atoms with van der Waals surface area (Å²) in [5.41, 5.74) is 1.42. The van der Waals surface area contributed by atoms with Crippen LogP contribution in [0.5, 0.6) is 5.75 Å². The van der Waals surface area contributed by atoms with E-state index in [9.17, 15) is 14.9 Å². The minimum Gasteiger partial charge on any atom is -0.495 e. The second kappa shape index (κ2) is 11.3. The van der Waals surface area contributed by atoms with Gasteiger partial charge in [0.1, 0.15) is 11.6 Å². The van der Waals surface area contributed by atoms with E-state index in [0.29, 0.717) is 46.0 Å². The predicted octanol–water partition coefficient (Wildman–Crippen LogP) is 9.22. The molecule has 0 bridgehead atoms. The number of nitrogens with zero attached hydrogens (tertiary/aromatic N) is 1. The zero-order valence-electron chi connectivity index (χ0n) is 25.1. The Labute approximate surface area is 262 Å². The number of ether oxygens (including phenoxy) is 1. The molecule has 0 aromatic heterocycles. The van der Waals surface area contributed by atoms with Crippen LogP contribution in [0.3, 0.4) is 0 Å². The number of hydrogen-bond acceptors (Lipinski definition) is 4. The number of rotatable bonds is 6. The van der Waals surface area contributed by atoms with E-state index in [-0.39, 0.29) is 39.5 Å². The van der Waals surface area contributed by atoms with Crippen molar-refractivity contribution in [3.8, 4) is 22.9 Å². The summed E-state index contributed by atoms with van der Waals surface area (Å²) in [6.45, 7) is 9.88. The summed E-state index contributed by atoms with van der Waals surface area (Å²) < 4.78 is 21.8. The number of amides is 1. The third-order valence-electron chi connectivity index (χ3n) is 8.88. The number of carbonyl (C=O) groups excluding carboxylic acids is 2. The Morgan fingerprint density at radius 1 is 1.14 bits per heavy atom. The Balaban J connectivity index is 1.68. The Kier molecular flexibility index (Phi) is 8.13. The molecule has 0 aliphatic heterocycles. The summed E-state index contributed by atoms with van der Waals surface area (Å²) in [4.78, 5) is 26.9. The number of anilines is 1. The lowest BCUT2D eigenvalue weighted by molar-refractivity contribution is -0.120. The first kappa shape index (κ1) is 31.0. The van der Waals surface area contributed by atoms with Crippen LogP contribution in [0.4, 0.5) is 10.1 Å². The van der Waals surface area contributed by atoms with Crippen molar-refractivity contribution in [1.29, 1.82) is 5.26 Å². The number of benzene rings is 3. The van der Waals surface area contributed by atoms with Gasteiger partial charge in [-0.3, -0.25) is 9.59 Å². The van der Waals surface area contributed by atoms with Crippen molar-refractivity contribution >= 4 is 40.6 Å². The molecule has 0 heterocycles. The van der Waals surface area contributed by atoms with E-state index in [4.69, 9.17) is 27.9 Å². The van der Waals surface area contributed by atoms with Gasteiger partial charge in [0, 0.05) is 39.5 Å². The Morgan fingerprint density at radius 2 is 1.86 bits per heavy atom. The van der Waals surface area contributed by atoms with E-state index in [2.05, 4.69) is 32.2 Å². The van der Waals surface area contributed by atoms with Gasteiger partial charge in [-0.25, -0.2) is 4.39 Å². The Morgan fingerprint density at radius 3 is 2.49 bits per heavy atom. The second-order valence-electron chi connectivity index (χ2n) is 13.2. The van der Waals surface area contributed by atoms with E-state index < -0.39 is 23.1 Å². The number of nitriles is 1. The lowest BCUT2D eigenvalue weighted by Gasteiger charge is -2.43. The maximum absolute atomic E-state index is 16.2. The third kappa shape index (κ3) is 5.11. The molecule has 224 valence electrons. The molecule has 1 amide bonds. The molecule has 1 N–H and O–H groups in total. The van der Waals surface area contributed by atoms with Crippen molar-refractivity contribution in [3.05, 3.63) is 81.1 Å². The highest BCUT2D eigenvalue weighted by molar-refractivity contribution is 6.34. The van der Waals surface area contributed by atoms with Crippen LogP contribution in [-0.2, 0) is 10.2 Å². The van der Waals surface area contributed by atoms with E-state index in [1.165, 1.54) is 13.2 Å². The zero-order valence-corrected chi connectivity index (χ0v) is 26.7. The molecule has 8 heteroatoms. The molecule has 43 heavy (non-hydrogen) atoms. The van der Waals surface area contributed by atoms with Gasteiger partial charge in [0.2, 0.25) is 5.91 Å². The van der Waals surface area contributed by atoms with Crippen molar-refractivity contribution in [1.82, 2.24) is 0 Å². The molecule has 0 unspecified atom stereocenters. The topological polar surface area (TPSA) is 79.2 Å². The number of nitrogens with one attached hydrogen (secondary N) is 1. The number of hydrogen-bond donors (Lipinski definition) is 1. The van der Waals surface area contributed by atoms with Gasteiger partial charge in [-0.1, -0.05) is 76.0 Å². The number of fused-ring (bicyclic) bond motifs is 6. The van der Waals surface area contributed by atoms with Gasteiger partial charge >= 0.3 is 0 Å². The van der Waals surface area contributed by atoms with Crippen molar-refractivity contribution < 1.29 is 18.7 Å². The van der Waals surface area contributed by atoms with E-state index >= 15 is 4.39 Å². The van der Waals surface area contributed by atoms with Crippen LogP contribution in [0.15, 0.2) is 48.5 Å². The zero-order chi connectivity index (χ0) is 31.4. The number of ketones is 1. The largest absolute Gasteiger partial charge is 0.495 e. The van der Waals surface area contributed by atoms with Crippen LogP contribution in [-0.4, -0.2) is 18.8 Å². The lowest BCUT2D eigenvalue weighted by Crippen LogP contribution is -2.42. The molecule has 3 aromatic carbocycles. The van der Waals surface area contributed by atoms with Gasteiger partial charge in [-0.05, 0) is 65.6 Å². The van der Waals surface area contributed by atoms with E-state index in [1.807, 2.05) is 19.9 Å². The van der Waals surface area contributed by atoms with Gasteiger partial charge in [0.25, 0.3) is 0 Å². The Hall–Kier alpha value is -3.40. The van der Waals surface area contributed by atoms with Gasteiger partial charge in [0.05, 0.1) is 29.3 Å². The van der Waals surface area contributed by atoms with Crippen LogP contribution in [0.25, 0.3) is 11.1 Å². The number of carbonyl (C=O) groups is 2. The summed E-state index contributed by atoms with van der Waals surface area (Å²) in [7, 11) is 1.48. The molecule has 3 aromatic rings. The van der Waals surface area contributed by atoms with Crippen molar-refractivity contribution in [2.24, 2.45) is 23.2 Å². The molecule has 2 aliphatic rings. The SMILES string of the molecule is COc1cc(C(=O)C(C)C)ccc1NC(=O)[C@@H]1C[C@@H](CC(C)(C)C)[C@]2(C#N)c3c(ccc(Cl)c3F)-c3c(Cl)cccc3[C@@H]12. The molecule has 0 spiro atoms. The summed E-state index contributed by atoms with van der Waals surface area (Å²) in [5.74, 6) is -2.59. The number of halogens is 3. The molecule has 1 saturated carbocycles. The first-order valence-electron chi connectivity index (χ1n) is 14.5. The molecule has 1 fully saturated rings. The standard InChI is InChI=1S/C35H35Cl2FN2O3/c1-18(2)32(41)19-10-13-26(27(14-19)43-6)40-33(42)23-15-20(16-34(3,4)5)35(17-39)29(23)21-8-7-9-24(36)28(21)22-11-12-25(37)31(38)30(22)35/h7-14,18,20,23,29H,15-16H2,1-6H3,(H,40,42)/t20-,23+,29-,35-/m0/s1. The number of methoxy groups -OCH3 is 1. The highest BCUT2D eigenvalue weighted by Gasteiger charge is 2.63. The summed E-state index contributed by atoms with van der Waals surface area (Å²) in [5, 5.41) is 14.4. The first-order chi connectivity index (χ1) is 20.2. The molecule has 5 rings (SSSR count). The minimum absolute atomic E-state index is 0.0363. The van der Waals surface area contributed by atoms with Crippen LogP contribution in [0, 0.1) is 40.3 Å². The first-order valence-corrected chi connectivity index (χ1v) is 15.2. The fourth-order valence-electron chi connectivity index (χ4n) is 7.23. The summed E-state index contributed by atoms with van der Waals surface area (Å²) in [6, 6.07) is 16.2. The average Bonchev–Trinajstić information content (AvgIpc) is 3.28. The van der Waals surface area contributed by atoms with Gasteiger partial charge < -0.3 is 10.1 Å². The van der Waals surface area contributed by atoms with E-state index in [1.54, 1.807) is 36.4 Å². The summed E-state index contributed by atoms with van der Waals surface area (Å²) in [6.07, 6.45) is 0.933. The second-order valence-corrected chi connectivity index (χ2v) is 14.0. The molecular weight excluding hydrogens is 586 g/mol. The van der Waals surface area contributed by atoms with Gasteiger partial charge in [-0.2, -0.15) is 5.26 Å². The molecule has 0 saturated heterocycles. The van der Waals surface area contributed by atoms with Crippen LogP contribution >= 0.6 is 23.2 Å². The molecular formula is C35H35Cl2FN2O3. The highest BCUT2D eigenvalue weighted by atomic mass is 35.5. The Bertz CT molecular complexity index is 1670. The van der Waals surface area contributed by atoms with Gasteiger partial charge in [0.15, 0.2) is 5.78 Å². The van der Waals surface area contributed by atoms with Crippen molar-refractivity contribution in [3.63, 3.8) is 0 Å². The fourth-order valence-corrected chi connectivity index (χ4v) is 7.68. The predicted molar refractivity (Wildman–Crippen MR) is 168 cm³/mol. The lowest BCUT2D eigenvalue weighted by atomic mass is 9.57. The van der Waals surface area contributed by atoms with Crippen molar-refractivity contribution in [2.45, 2.75) is 58.8 Å². The quantitative estimate of drug-likeness (QED) is 0.278. The normalized spacial score (nSPS) is 22.3. The molecule has 5 nitrogen and oxygen atoms in total. The minimum atomic E-state index is -1.37. The van der Waals surface area contributed by atoms with Gasteiger partial charge in [-0.15, -0.1) is 0 Å². The van der Waals surface area contributed by atoms with E-state index in [0.717, 1.165) is 5.56 Å². The monoisotopic (exact) mass is 620 g/mol. The summed E-state index contributed by atoms with van der Waals surface area (Å²) >= 11 is 13.1. The fraction of sp³-hybridized carbons (Fsp3) is 0.400. The maximum Gasteiger partial charge on any atom is 0.228 e. The third-order valence-corrected chi connectivity index (χ3v) is 9.49. The van der Waals surface area contributed by atoms with Crippen LogP contribution in [0.2, 0.25) is 10.0 Å². The molecule has 2 aliphatic carbocycles.